The highest BCUT2D eigenvalue weighted by molar-refractivity contribution is 7.91. The van der Waals surface area contributed by atoms with Crippen molar-refractivity contribution in [1.82, 2.24) is 5.32 Å². The number of hydrogen-bond donors (Lipinski definition) is 1. The van der Waals surface area contributed by atoms with Crippen LogP contribution in [0.5, 0.6) is 0 Å². The first-order chi connectivity index (χ1) is 8.44. The van der Waals surface area contributed by atoms with Gasteiger partial charge in [0, 0.05) is 30.5 Å². The van der Waals surface area contributed by atoms with E-state index in [1.165, 1.54) is 12.1 Å². The van der Waals surface area contributed by atoms with Crippen molar-refractivity contribution < 1.29 is 17.2 Å². The van der Waals surface area contributed by atoms with Crippen LogP contribution in [0.1, 0.15) is 18.9 Å². The predicted octanol–water partition coefficient (Wildman–Crippen LogP) is 1.88. The van der Waals surface area contributed by atoms with Crippen LogP contribution in [0.2, 0.25) is 0 Å². The minimum absolute atomic E-state index is 0.0314. The molecule has 102 valence electrons. The molecule has 0 aliphatic rings. The third kappa shape index (κ3) is 5.10. The number of sulfone groups is 1. The quantitative estimate of drug-likeness (QED) is 0.774. The van der Waals surface area contributed by atoms with E-state index in [0.29, 0.717) is 12.0 Å². The summed E-state index contributed by atoms with van der Waals surface area (Å²) in [6, 6.07) is 3.33. The topological polar surface area (TPSA) is 46.2 Å². The summed E-state index contributed by atoms with van der Waals surface area (Å²) in [4.78, 5) is 0. The van der Waals surface area contributed by atoms with Crippen molar-refractivity contribution in [1.29, 1.82) is 0 Å². The Labute approximate surface area is 106 Å². The summed E-state index contributed by atoms with van der Waals surface area (Å²) < 4.78 is 48.7. The van der Waals surface area contributed by atoms with Crippen LogP contribution in [-0.4, -0.2) is 26.5 Å². The molecule has 1 aromatic carbocycles. The highest BCUT2D eigenvalue weighted by atomic mass is 32.2. The molecule has 0 fully saturated rings. The number of hydrogen-bond acceptors (Lipinski definition) is 3. The van der Waals surface area contributed by atoms with Gasteiger partial charge in [-0.25, -0.2) is 17.2 Å². The number of benzene rings is 1. The molecule has 0 bridgehead atoms. The van der Waals surface area contributed by atoms with Gasteiger partial charge in [0.2, 0.25) is 0 Å². The molecular formula is C12H17F2NO2S. The molecule has 0 aromatic heterocycles. The van der Waals surface area contributed by atoms with Gasteiger partial charge in [-0.3, -0.25) is 0 Å². The van der Waals surface area contributed by atoms with Gasteiger partial charge >= 0.3 is 0 Å². The molecule has 1 aromatic rings. The van der Waals surface area contributed by atoms with Crippen molar-refractivity contribution in [2.75, 3.05) is 18.1 Å². The Hall–Kier alpha value is -1.01. The van der Waals surface area contributed by atoms with Crippen molar-refractivity contribution in [2.45, 2.75) is 19.9 Å². The van der Waals surface area contributed by atoms with Gasteiger partial charge in [-0.15, -0.1) is 0 Å². The molecule has 1 N–H and O–H groups in total. The number of halogens is 2. The maximum Gasteiger partial charge on any atom is 0.151 e. The van der Waals surface area contributed by atoms with E-state index < -0.39 is 21.5 Å². The van der Waals surface area contributed by atoms with E-state index in [1.807, 2.05) is 0 Å². The zero-order valence-corrected chi connectivity index (χ0v) is 11.1. The molecule has 0 aliphatic carbocycles. The van der Waals surface area contributed by atoms with Crippen LogP contribution in [0.15, 0.2) is 18.2 Å². The first-order valence-corrected chi connectivity index (χ1v) is 7.62. The minimum atomic E-state index is -3.02. The molecule has 0 amide bonds. The van der Waals surface area contributed by atoms with E-state index in [4.69, 9.17) is 0 Å². The lowest BCUT2D eigenvalue weighted by atomic mass is 10.2. The molecular weight excluding hydrogens is 260 g/mol. The van der Waals surface area contributed by atoms with Crippen LogP contribution >= 0.6 is 0 Å². The van der Waals surface area contributed by atoms with E-state index in [2.05, 4.69) is 5.32 Å². The normalized spacial score (nSPS) is 11.7. The summed E-state index contributed by atoms with van der Waals surface area (Å²) in [7, 11) is -3.02. The maximum absolute atomic E-state index is 13.2. The second kappa shape index (κ2) is 6.80. The highest BCUT2D eigenvalue weighted by Gasteiger charge is 2.09. The van der Waals surface area contributed by atoms with E-state index in [9.17, 15) is 17.2 Å². The summed E-state index contributed by atoms with van der Waals surface area (Å²) in [6.07, 6.45) is 0.592. The summed E-state index contributed by atoms with van der Waals surface area (Å²) in [6.45, 7) is 2.26. The number of nitrogens with one attached hydrogen (secondary N) is 1. The zero-order chi connectivity index (χ0) is 13.6. The van der Waals surface area contributed by atoms with Gasteiger partial charge < -0.3 is 5.32 Å². The average molecular weight is 277 g/mol. The average Bonchev–Trinajstić information content (AvgIpc) is 2.26. The Morgan fingerprint density at radius 1 is 1.22 bits per heavy atom. The van der Waals surface area contributed by atoms with E-state index in [1.54, 1.807) is 6.92 Å². The molecule has 3 nitrogen and oxygen atoms in total. The summed E-state index contributed by atoms with van der Waals surface area (Å²) >= 11 is 0. The SMILES string of the molecule is CCCS(=O)(=O)CCNCc1ccc(F)cc1F. The molecule has 18 heavy (non-hydrogen) atoms. The maximum atomic E-state index is 13.2. The largest absolute Gasteiger partial charge is 0.312 e. The van der Waals surface area contributed by atoms with Crippen molar-refractivity contribution >= 4 is 9.84 Å². The van der Waals surface area contributed by atoms with Crippen LogP contribution in [0.3, 0.4) is 0 Å². The van der Waals surface area contributed by atoms with Gasteiger partial charge in [0.15, 0.2) is 9.84 Å². The molecule has 6 heteroatoms. The van der Waals surface area contributed by atoms with Crippen LogP contribution in [-0.2, 0) is 16.4 Å². The first kappa shape index (κ1) is 15.0. The molecule has 0 aliphatic heterocycles. The second-order valence-electron chi connectivity index (χ2n) is 4.06. The van der Waals surface area contributed by atoms with E-state index in [0.717, 1.165) is 6.07 Å². The molecule has 0 saturated heterocycles. The molecule has 0 radical (unpaired) electrons. The Bertz CT molecular complexity index is 489. The lowest BCUT2D eigenvalue weighted by molar-refractivity contribution is 0.561. The Balaban J connectivity index is 2.38. The third-order valence-corrected chi connectivity index (χ3v) is 4.29. The fourth-order valence-electron chi connectivity index (χ4n) is 1.53. The molecule has 0 atom stereocenters. The van der Waals surface area contributed by atoms with Crippen LogP contribution in [0.25, 0.3) is 0 Å². The summed E-state index contributed by atoms with van der Waals surface area (Å²) in [5, 5.41) is 2.83. The Morgan fingerprint density at radius 2 is 1.94 bits per heavy atom. The van der Waals surface area contributed by atoms with Crippen LogP contribution in [0, 0.1) is 11.6 Å². The molecule has 0 unspecified atom stereocenters. The summed E-state index contributed by atoms with van der Waals surface area (Å²) in [5.74, 6) is -1.05. The highest BCUT2D eigenvalue weighted by Crippen LogP contribution is 2.08. The third-order valence-electron chi connectivity index (χ3n) is 2.44. The minimum Gasteiger partial charge on any atom is -0.312 e. The Kier molecular flexibility index (Phi) is 5.68. The van der Waals surface area contributed by atoms with Gasteiger partial charge in [0.25, 0.3) is 0 Å². The smallest absolute Gasteiger partial charge is 0.151 e. The second-order valence-corrected chi connectivity index (χ2v) is 6.37. The van der Waals surface area contributed by atoms with Crippen molar-refractivity contribution in [3.63, 3.8) is 0 Å². The van der Waals surface area contributed by atoms with Crippen molar-refractivity contribution in [3.8, 4) is 0 Å². The Morgan fingerprint density at radius 3 is 2.56 bits per heavy atom. The lowest BCUT2D eigenvalue weighted by Gasteiger charge is -2.06. The van der Waals surface area contributed by atoms with Gasteiger partial charge in [0.05, 0.1) is 5.75 Å². The van der Waals surface area contributed by atoms with Gasteiger partial charge in [0.1, 0.15) is 11.6 Å². The monoisotopic (exact) mass is 277 g/mol. The standard InChI is InChI=1S/C12H17F2NO2S/c1-2-6-18(16,17)7-5-15-9-10-3-4-11(13)8-12(10)14/h3-4,8,15H,2,5-7,9H2,1H3. The van der Waals surface area contributed by atoms with Crippen molar-refractivity contribution in [3.05, 3.63) is 35.4 Å². The fourth-order valence-corrected chi connectivity index (χ4v) is 2.81. The van der Waals surface area contributed by atoms with Gasteiger partial charge in [-0.2, -0.15) is 0 Å². The predicted molar refractivity (Wildman–Crippen MR) is 67.0 cm³/mol. The van der Waals surface area contributed by atoms with E-state index in [-0.39, 0.29) is 24.6 Å². The van der Waals surface area contributed by atoms with Gasteiger partial charge in [-0.05, 0) is 12.5 Å². The lowest BCUT2D eigenvalue weighted by Crippen LogP contribution is -2.24. The van der Waals surface area contributed by atoms with Gasteiger partial charge in [-0.1, -0.05) is 13.0 Å². The van der Waals surface area contributed by atoms with Crippen molar-refractivity contribution in [2.24, 2.45) is 0 Å². The fraction of sp³-hybridized carbons (Fsp3) is 0.500. The van der Waals surface area contributed by atoms with Crippen LogP contribution in [0.4, 0.5) is 8.78 Å². The first-order valence-electron chi connectivity index (χ1n) is 5.79. The van der Waals surface area contributed by atoms with Crippen LogP contribution < -0.4 is 5.32 Å². The zero-order valence-electron chi connectivity index (χ0n) is 10.2. The molecule has 0 saturated carbocycles. The molecule has 1 rings (SSSR count). The number of rotatable bonds is 7. The molecule has 0 heterocycles. The molecule has 0 spiro atoms. The summed E-state index contributed by atoms with van der Waals surface area (Å²) in [5.41, 5.74) is 0.323. The van der Waals surface area contributed by atoms with E-state index >= 15 is 0 Å².